The molecule has 0 bridgehead atoms. The maximum absolute atomic E-state index is 11.8. The van der Waals surface area contributed by atoms with Gasteiger partial charge in [0.25, 0.3) is 5.91 Å². The Morgan fingerprint density at radius 3 is 2.17 bits per heavy atom. The monoisotopic (exact) mass is 270 g/mol. The number of ether oxygens (including phenoxy) is 1. The van der Waals surface area contributed by atoms with Crippen molar-refractivity contribution in [3.8, 4) is 0 Å². The molecule has 0 aliphatic heterocycles. The van der Waals surface area contributed by atoms with E-state index in [0.717, 1.165) is 0 Å². The van der Waals surface area contributed by atoms with Gasteiger partial charge in [0.15, 0.2) is 6.61 Å². The fourth-order valence-electron chi connectivity index (χ4n) is 0.868. The molecule has 0 atom stereocenters. The van der Waals surface area contributed by atoms with Crippen LogP contribution in [0.2, 0.25) is 0 Å². The van der Waals surface area contributed by atoms with Gasteiger partial charge in [-0.05, 0) is 20.8 Å². The molecule has 106 valence electrons. The fourth-order valence-corrected chi connectivity index (χ4v) is 0.868. The van der Waals surface area contributed by atoms with Crippen molar-refractivity contribution in [2.75, 3.05) is 13.2 Å². The first-order valence-corrected chi connectivity index (χ1v) is 5.28. The Bertz CT molecular complexity index is 298. The summed E-state index contributed by atoms with van der Waals surface area (Å²) in [5, 5.41) is 4.43. The SMILES string of the molecule is CC(C)(C)NC(=O)OCC(=O)NCCC(F)(F)F. The summed E-state index contributed by atoms with van der Waals surface area (Å²) in [5.74, 6) is -0.775. The second kappa shape index (κ2) is 6.46. The second-order valence-electron chi connectivity index (χ2n) is 4.67. The maximum Gasteiger partial charge on any atom is 0.408 e. The molecule has 0 fully saturated rings. The zero-order valence-electron chi connectivity index (χ0n) is 10.5. The van der Waals surface area contributed by atoms with Crippen molar-refractivity contribution in [1.82, 2.24) is 10.6 Å². The lowest BCUT2D eigenvalue weighted by atomic mass is 10.1. The van der Waals surface area contributed by atoms with Crippen LogP contribution in [-0.4, -0.2) is 36.9 Å². The van der Waals surface area contributed by atoms with Crippen LogP contribution in [0.3, 0.4) is 0 Å². The number of hydrogen-bond donors (Lipinski definition) is 2. The van der Waals surface area contributed by atoms with E-state index in [-0.39, 0.29) is 0 Å². The normalized spacial score (nSPS) is 11.9. The topological polar surface area (TPSA) is 67.4 Å². The standard InChI is InChI=1S/C10H17F3N2O3/c1-9(2,3)15-8(17)18-6-7(16)14-5-4-10(11,12)13/h4-6H2,1-3H3,(H,14,16)(H,15,17). The number of rotatable bonds is 4. The zero-order valence-corrected chi connectivity index (χ0v) is 10.5. The van der Waals surface area contributed by atoms with Crippen LogP contribution in [0.1, 0.15) is 27.2 Å². The summed E-state index contributed by atoms with van der Waals surface area (Å²) in [7, 11) is 0. The molecule has 0 heterocycles. The largest absolute Gasteiger partial charge is 0.439 e. The van der Waals surface area contributed by atoms with Crippen LogP contribution >= 0.6 is 0 Å². The van der Waals surface area contributed by atoms with E-state index in [4.69, 9.17) is 0 Å². The highest BCUT2D eigenvalue weighted by Crippen LogP contribution is 2.17. The van der Waals surface area contributed by atoms with E-state index >= 15 is 0 Å². The highest BCUT2D eigenvalue weighted by Gasteiger charge is 2.26. The van der Waals surface area contributed by atoms with Gasteiger partial charge in [-0.3, -0.25) is 4.79 Å². The smallest absolute Gasteiger partial charge is 0.408 e. The Morgan fingerprint density at radius 1 is 1.17 bits per heavy atom. The van der Waals surface area contributed by atoms with Crippen molar-refractivity contribution in [3.05, 3.63) is 0 Å². The lowest BCUT2D eigenvalue weighted by molar-refractivity contribution is -0.136. The van der Waals surface area contributed by atoms with Crippen LogP contribution in [0.5, 0.6) is 0 Å². The minimum Gasteiger partial charge on any atom is -0.439 e. The van der Waals surface area contributed by atoms with E-state index in [9.17, 15) is 22.8 Å². The van der Waals surface area contributed by atoms with Crippen molar-refractivity contribution in [3.63, 3.8) is 0 Å². The van der Waals surface area contributed by atoms with Crippen LogP contribution < -0.4 is 10.6 Å². The Labute approximate surface area is 103 Å². The molecular weight excluding hydrogens is 253 g/mol. The molecule has 5 nitrogen and oxygen atoms in total. The highest BCUT2D eigenvalue weighted by atomic mass is 19.4. The number of alkyl halides is 3. The lowest BCUT2D eigenvalue weighted by Crippen LogP contribution is -2.42. The van der Waals surface area contributed by atoms with Crippen molar-refractivity contribution in [1.29, 1.82) is 0 Å². The molecule has 0 saturated heterocycles. The summed E-state index contributed by atoms with van der Waals surface area (Å²) >= 11 is 0. The van der Waals surface area contributed by atoms with Crippen molar-refractivity contribution >= 4 is 12.0 Å². The molecule has 0 spiro atoms. The third-order valence-corrected chi connectivity index (χ3v) is 1.54. The average Bonchev–Trinajstić information content (AvgIpc) is 2.09. The van der Waals surface area contributed by atoms with Gasteiger partial charge >= 0.3 is 12.3 Å². The number of nitrogens with one attached hydrogen (secondary N) is 2. The van der Waals surface area contributed by atoms with Gasteiger partial charge in [0, 0.05) is 12.1 Å². The van der Waals surface area contributed by atoms with Gasteiger partial charge in [-0.15, -0.1) is 0 Å². The van der Waals surface area contributed by atoms with Gasteiger partial charge in [0.05, 0.1) is 6.42 Å². The van der Waals surface area contributed by atoms with E-state index < -0.39 is 43.3 Å². The molecule has 0 aromatic carbocycles. The van der Waals surface area contributed by atoms with Crippen molar-refractivity contribution in [2.45, 2.75) is 38.9 Å². The maximum atomic E-state index is 11.8. The Morgan fingerprint density at radius 2 is 1.72 bits per heavy atom. The summed E-state index contributed by atoms with van der Waals surface area (Å²) in [6, 6.07) is 0. The minimum absolute atomic E-state index is 0.510. The molecular formula is C10H17F3N2O3. The predicted molar refractivity (Wildman–Crippen MR) is 57.9 cm³/mol. The van der Waals surface area contributed by atoms with Crippen LogP contribution in [0.15, 0.2) is 0 Å². The molecule has 2 amide bonds. The van der Waals surface area contributed by atoms with Crippen LogP contribution in [0.25, 0.3) is 0 Å². The molecule has 0 aliphatic carbocycles. The van der Waals surface area contributed by atoms with Gasteiger partial charge in [0.1, 0.15) is 0 Å². The van der Waals surface area contributed by atoms with Gasteiger partial charge in [0.2, 0.25) is 0 Å². The summed E-state index contributed by atoms with van der Waals surface area (Å²) in [4.78, 5) is 22.1. The Kier molecular flexibility index (Phi) is 5.93. The van der Waals surface area contributed by atoms with Crippen LogP contribution in [-0.2, 0) is 9.53 Å². The van der Waals surface area contributed by atoms with Crippen LogP contribution in [0.4, 0.5) is 18.0 Å². The predicted octanol–water partition coefficient (Wildman–Crippen LogP) is 1.58. The molecule has 0 saturated carbocycles. The molecule has 18 heavy (non-hydrogen) atoms. The molecule has 0 unspecified atom stereocenters. The van der Waals surface area contributed by atoms with Gasteiger partial charge in [-0.1, -0.05) is 0 Å². The molecule has 8 heteroatoms. The van der Waals surface area contributed by atoms with E-state index in [1.807, 2.05) is 5.32 Å². The zero-order chi connectivity index (χ0) is 14.4. The first-order chi connectivity index (χ1) is 7.99. The molecule has 2 N–H and O–H groups in total. The van der Waals surface area contributed by atoms with E-state index in [2.05, 4.69) is 10.1 Å². The molecule has 0 rings (SSSR count). The third-order valence-electron chi connectivity index (χ3n) is 1.54. The van der Waals surface area contributed by atoms with E-state index in [1.165, 1.54) is 0 Å². The summed E-state index contributed by atoms with van der Waals surface area (Å²) in [5.41, 5.74) is -0.510. The summed E-state index contributed by atoms with van der Waals surface area (Å²) < 4.78 is 39.8. The van der Waals surface area contributed by atoms with Crippen LogP contribution in [0, 0.1) is 0 Å². The lowest BCUT2D eigenvalue weighted by Gasteiger charge is -2.19. The van der Waals surface area contributed by atoms with Crippen molar-refractivity contribution < 1.29 is 27.5 Å². The number of carbonyl (C=O) groups is 2. The average molecular weight is 270 g/mol. The molecule has 0 aromatic heterocycles. The quantitative estimate of drug-likeness (QED) is 0.815. The van der Waals surface area contributed by atoms with E-state index in [1.54, 1.807) is 20.8 Å². The highest BCUT2D eigenvalue weighted by molar-refractivity contribution is 5.80. The first-order valence-electron chi connectivity index (χ1n) is 5.28. The number of carbonyl (C=O) groups excluding carboxylic acids is 2. The Balaban J connectivity index is 3.75. The summed E-state index contributed by atoms with van der Waals surface area (Å²) in [6.07, 6.45) is -6.24. The Hall–Kier alpha value is -1.47. The molecule has 0 aromatic rings. The van der Waals surface area contributed by atoms with Crippen molar-refractivity contribution in [2.24, 2.45) is 0 Å². The van der Waals surface area contributed by atoms with Gasteiger partial charge < -0.3 is 15.4 Å². The molecule has 0 radical (unpaired) electrons. The molecule has 0 aliphatic rings. The number of hydrogen-bond acceptors (Lipinski definition) is 3. The second-order valence-corrected chi connectivity index (χ2v) is 4.67. The minimum atomic E-state index is -4.32. The van der Waals surface area contributed by atoms with Gasteiger partial charge in [-0.2, -0.15) is 13.2 Å². The summed E-state index contributed by atoms with van der Waals surface area (Å²) in [6.45, 7) is 4.01. The first kappa shape index (κ1) is 16.5. The number of halogens is 3. The van der Waals surface area contributed by atoms with Gasteiger partial charge in [-0.25, -0.2) is 4.79 Å². The third kappa shape index (κ3) is 11.0. The fraction of sp³-hybridized carbons (Fsp3) is 0.800. The number of amides is 2. The van der Waals surface area contributed by atoms with E-state index in [0.29, 0.717) is 0 Å². The number of alkyl carbamates (subject to hydrolysis) is 1.